The number of carbonyl (C=O) groups is 1. The molecule has 0 aromatic rings. The van der Waals surface area contributed by atoms with Crippen LogP contribution in [0.5, 0.6) is 0 Å². The molecule has 26 heavy (non-hydrogen) atoms. The highest BCUT2D eigenvalue weighted by molar-refractivity contribution is 5.75. The van der Waals surface area contributed by atoms with Crippen LogP contribution >= 0.6 is 0 Å². The van der Waals surface area contributed by atoms with Crippen molar-refractivity contribution in [3.8, 4) is 0 Å². The van der Waals surface area contributed by atoms with Gasteiger partial charge in [-0.25, -0.2) is 0 Å². The van der Waals surface area contributed by atoms with Crippen molar-refractivity contribution in [3.05, 3.63) is 0 Å². The van der Waals surface area contributed by atoms with Crippen LogP contribution in [0.1, 0.15) is 136 Å². The maximum Gasteiger partial charge on any atom is 0.220 e. The second-order valence-electron chi connectivity index (χ2n) is 8.59. The van der Waals surface area contributed by atoms with Gasteiger partial charge in [0.05, 0.1) is 0 Å². The van der Waals surface area contributed by atoms with Crippen LogP contribution in [0.15, 0.2) is 0 Å². The van der Waals surface area contributed by atoms with Gasteiger partial charge in [-0.15, -0.1) is 0 Å². The maximum atomic E-state index is 11.6. The van der Waals surface area contributed by atoms with Gasteiger partial charge in [0.25, 0.3) is 0 Å². The molecule has 0 rings (SSSR count). The summed E-state index contributed by atoms with van der Waals surface area (Å²) in [5.41, 5.74) is 0. The van der Waals surface area contributed by atoms with Gasteiger partial charge in [0.1, 0.15) is 0 Å². The highest BCUT2D eigenvalue weighted by Crippen LogP contribution is 2.13. The van der Waals surface area contributed by atoms with Crippen LogP contribution in [0, 0.1) is 5.92 Å². The molecule has 0 aromatic carbocycles. The lowest BCUT2D eigenvalue weighted by atomic mass is 10.0. The third kappa shape index (κ3) is 21.5. The maximum absolute atomic E-state index is 11.6. The Labute approximate surface area is 165 Å². The Hall–Kier alpha value is -0.530. The van der Waals surface area contributed by atoms with Crippen molar-refractivity contribution < 1.29 is 4.79 Å². The minimum Gasteiger partial charge on any atom is -0.356 e. The fraction of sp³-hybridized carbons (Fsp3) is 0.958. The fourth-order valence-corrected chi connectivity index (χ4v) is 3.41. The molecule has 0 spiro atoms. The number of amides is 1. The first-order valence-electron chi connectivity index (χ1n) is 11.9. The van der Waals surface area contributed by atoms with E-state index in [1.807, 2.05) is 0 Å². The van der Waals surface area contributed by atoms with E-state index in [1.165, 1.54) is 96.3 Å². The summed E-state index contributed by atoms with van der Waals surface area (Å²) in [6.07, 6.45) is 24.0. The molecule has 0 fully saturated rings. The Morgan fingerprint density at radius 3 is 1.42 bits per heavy atom. The summed E-state index contributed by atoms with van der Waals surface area (Å²) in [5, 5.41) is 3.05. The molecular formula is C24H49NO. The SMILES string of the molecule is CCCCCCCCCCCCCCCCCCNC(=O)CCC(C)C. The summed E-state index contributed by atoms with van der Waals surface area (Å²) < 4.78 is 0. The Bertz CT molecular complexity index is 288. The Kier molecular flexibility index (Phi) is 20.4. The van der Waals surface area contributed by atoms with Crippen molar-refractivity contribution >= 4 is 5.91 Å². The molecule has 0 radical (unpaired) electrons. The van der Waals surface area contributed by atoms with Crippen LogP contribution in [-0.4, -0.2) is 12.5 Å². The Morgan fingerprint density at radius 1 is 0.654 bits per heavy atom. The minimum atomic E-state index is 0.236. The van der Waals surface area contributed by atoms with Crippen molar-refractivity contribution in [1.82, 2.24) is 5.32 Å². The molecule has 156 valence electrons. The summed E-state index contributed by atoms with van der Waals surface area (Å²) in [6.45, 7) is 7.50. The van der Waals surface area contributed by atoms with Gasteiger partial charge in [-0.1, -0.05) is 117 Å². The Balaban J connectivity index is 3.08. The highest BCUT2D eigenvalue weighted by atomic mass is 16.1. The second-order valence-corrected chi connectivity index (χ2v) is 8.59. The number of hydrogen-bond acceptors (Lipinski definition) is 1. The lowest BCUT2D eigenvalue weighted by Crippen LogP contribution is -2.24. The summed E-state index contributed by atoms with van der Waals surface area (Å²) in [6, 6.07) is 0. The predicted molar refractivity (Wildman–Crippen MR) is 117 cm³/mol. The van der Waals surface area contributed by atoms with E-state index in [0.29, 0.717) is 12.3 Å². The van der Waals surface area contributed by atoms with Gasteiger partial charge < -0.3 is 5.32 Å². The average molecular weight is 368 g/mol. The molecule has 0 aromatic heterocycles. The van der Waals surface area contributed by atoms with Gasteiger partial charge in [0.2, 0.25) is 5.91 Å². The molecule has 0 aliphatic carbocycles. The molecule has 0 heterocycles. The summed E-state index contributed by atoms with van der Waals surface area (Å²) >= 11 is 0. The third-order valence-electron chi connectivity index (χ3n) is 5.30. The number of hydrogen-bond donors (Lipinski definition) is 1. The van der Waals surface area contributed by atoms with E-state index in [-0.39, 0.29) is 5.91 Å². The van der Waals surface area contributed by atoms with Gasteiger partial charge in [0, 0.05) is 13.0 Å². The molecule has 0 saturated carbocycles. The first kappa shape index (κ1) is 25.5. The van der Waals surface area contributed by atoms with Crippen LogP contribution in [0.2, 0.25) is 0 Å². The van der Waals surface area contributed by atoms with Crippen LogP contribution < -0.4 is 5.32 Å². The topological polar surface area (TPSA) is 29.1 Å². The van der Waals surface area contributed by atoms with E-state index in [0.717, 1.165) is 19.4 Å². The van der Waals surface area contributed by atoms with Gasteiger partial charge >= 0.3 is 0 Å². The molecule has 2 nitrogen and oxygen atoms in total. The standard InChI is InChI=1S/C24H49NO/c1-4-5-6-7-8-9-10-11-12-13-14-15-16-17-18-19-22-25-24(26)21-20-23(2)3/h23H,4-22H2,1-3H3,(H,25,26). The van der Waals surface area contributed by atoms with E-state index in [4.69, 9.17) is 0 Å². The van der Waals surface area contributed by atoms with Crippen molar-refractivity contribution in [3.63, 3.8) is 0 Å². The molecule has 0 saturated heterocycles. The zero-order valence-electron chi connectivity index (χ0n) is 18.4. The summed E-state index contributed by atoms with van der Waals surface area (Å²) in [5.74, 6) is 0.857. The van der Waals surface area contributed by atoms with Crippen LogP contribution in [0.3, 0.4) is 0 Å². The van der Waals surface area contributed by atoms with Gasteiger partial charge in [-0.05, 0) is 18.8 Å². The monoisotopic (exact) mass is 367 g/mol. The smallest absolute Gasteiger partial charge is 0.220 e. The predicted octanol–water partition coefficient (Wildman–Crippen LogP) is 7.80. The first-order valence-corrected chi connectivity index (χ1v) is 11.9. The molecule has 0 aliphatic heterocycles. The van der Waals surface area contributed by atoms with Crippen LogP contribution in [0.4, 0.5) is 0 Å². The summed E-state index contributed by atoms with van der Waals surface area (Å²) in [4.78, 5) is 11.6. The number of unbranched alkanes of at least 4 members (excludes halogenated alkanes) is 15. The molecule has 1 amide bonds. The normalized spacial score (nSPS) is 11.2. The van der Waals surface area contributed by atoms with E-state index in [1.54, 1.807) is 0 Å². The lowest BCUT2D eigenvalue weighted by molar-refractivity contribution is -0.121. The van der Waals surface area contributed by atoms with E-state index in [2.05, 4.69) is 26.1 Å². The van der Waals surface area contributed by atoms with Gasteiger partial charge in [0.15, 0.2) is 0 Å². The molecule has 2 heteroatoms. The first-order chi connectivity index (χ1) is 12.7. The van der Waals surface area contributed by atoms with Crippen molar-refractivity contribution in [2.45, 2.75) is 136 Å². The summed E-state index contributed by atoms with van der Waals surface area (Å²) in [7, 11) is 0. The second kappa shape index (κ2) is 20.8. The van der Waals surface area contributed by atoms with Crippen molar-refractivity contribution in [1.29, 1.82) is 0 Å². The fourth-order valence-electron chi connectivity index (χ4n) is 3.41. The number of carbonyl (C=O) groups excluding carboxylic acids is 1. The van der Waals surface area contributed by atoms with E-state index < -0.39 is 0 Å². The minimum absolute atomic E-state index is 0.236. The van der Waals surface area contributed by atoms with Gasteiger partial charge in [-0.3, -0.25) is 4.79 Å². The third-order valence-corrected chi connectivity index (χ3v) is 5.30. The molecular weight excluding hydrogens is 318 g/mol. The molecule has 0 atom stereocenters. The average Bonchev–Trinajstić information content (AvgIpc) is 2.62. The van der Waals surface area contributed by atoms with Crippen LogP contribution in [0.25, 0.3) is 0 Å². The largest absolute Gasteiger partial charge is 0.356 e. The molecule has 0 bridgehead atoms. The lowest BCUT2D eigenvalue weighted by Gasteiger charge is -2.07. The number of rotatable bonds is 20. The van der Waals surface area contributed by atoms with Gasteiger partial charge in [-0.2, -0.15) is 0 Å². The number of nitrogens with one attached hydrogen (secondary N) is 1. The van der Waals surface area contributed by atoms with E-state index in [9.17, 15) is 4.79 Å². The molecule has 1 N–H and O–H groups in total. The van der Waals surface area contributed by atoms with Crippen LogP contribution in [-0.2, 0) is 4.79 Å². The molecule has 0 aliphatic rings. The zero-order chi connectivity index (χ0) is 19.3. The van der Waals surface area contributed by atoms with Crippen molar-refractivity contribution in [2.75, 3.05) is 6.54 Å². The van der Waals surface area contributed by atoms with E-state index >= 15 is 0 Å². The quantitative estimate of drug-likeness (QED) is 0.218. The zero-order valence-corrected chi connectivity index (χ0v) is 18.4. The van der Waals surface area contributed by atoms with Crippen molar-refractivity contribution in [2.24, 2.45) is 5.92 Å². The molecule has 0 unspecified atom stereocenters. The highest BCUT2D eigenvalue weighted by Gasteiger charge is 2.02. The Morgan fingerprint density at radius 2 is 1.04 bits per heavy atom.